The molecule has 1 aliphatic rings. The highest BCUT2D eigenvalue weighted by Crippen LogP contribution is 2.28. The van der Waals surface area contributed by atoms with Gasteiger partial charge in [-0.3, -0.25) is 0 Å². The van der Waals surface area contributed by atoms with E-state index in [0.29, 0.717) is 0 Å². The van der Waals surface area contributed by atoms with Gasteiger partial charge in [-0.25, -0.2) is 4.98 Å². The van der Waals surface area contributed by atoms with Crippen molar-refractivity contribution in [2.75, 3.05) is 0 Å². The molecule has 3 rings (SSSR count). The Kier molecular flexibility index (Phi) is 3.31. The largest absolute Gasteiger partial charge is 0.331 e. The van der Waals surface area contributed by atoms with Crippen LogP contribution in [0.5, 0.6) is 0 Å². The molecule has 0 bridgehead atoms. The number of hydrogen-bond acceptors (Lipinski definition) is 2. The summed E-state index contributed by atoms with van der Waals surface area (Å²) < 4.78 is 2.20. The predicted molar refractivity (Wildman–Crippen MR) is 79.0 cm³/mol. The van der Waals surface area contributed by atoms with Gasteiger partial charge in [0.1, 0.15) is 5.82 Å². The highest BCUT2D eigenvalue weighted by Gasteiger charge is 2.28. The van der Waals surface area contributed by atoms with Crippen molar-refractivity contribution >= 4 is 11.0 Å². The fourth-order valence-electron chi connectivity index (χ4n) is 3.28. The van der Waals surface area contributed by atoms with Crippen molar-refractivity contribution in [1.29, 1.82) is 0 Å². The van der Waals surface area contributed by atoms with Crippen molar-refractivity contribution in [3.05, 3.63) is 30.1 Å². The fourth-order valence-corrected chi connectivity index (χ4v) is 3.28. The van der Waals surface area contributed by atoms with Gasteiger partial charge in [-0.2, -0.15) is 0 Å². The van der Waals surface area contributed by atoms with E-state index in [0.717, 1.165) is 30.6 Å². The lowest BCUT2D eigenvalue weighted by atomic mass is 9.87. The number of nitrogens with zero attached hydrogens (tertiary/aromatic N) is 2. The summed E-state index contributed by atoms with van der Waals surface area (Å²) in [4.78, 5) is 4.77. The molecule has 0 saturated heterocycles. The van der Waals surface area contributed by atoms with Gasteiger partial charge < -0.3 is 10.3 Å². The molecule has 0 atom stereocenters. The van der Waals surface area contributed by atoms with Crippen LogP contribution in [0.4, 0.5) is 0 Å². The second-order valence-corrected chi connectivity index (χ2v) is 6.03. The zero-order valence-electron chi connectivity index (χ0n) is 11.7. The number of imidazole rings is 1. The van der Waals surface area contributed by atoms with Crippen LogP contribution in [0.3, 0.4) is 0 Å². The quantitative estimate of drug-likeness (QED) is 0.840. The molecule has 102 valence electrons. The van der Waals surface area contributed by atoms with Crippen molar-refractivity contribution < 1.29 is 0 Å². The molecule has 2 aromatic rings. The zero-order valence-corrected chi connectivity index (χ0v) is 11.7. The molecule has 0 spiro atoms. The van der Waals surface area contributed by atoms with Crippen LogP contribution >= 0.6 is 0 Å². The van der Waals surface area contributed by atoms with Gasteiger partial charge in [0.05, 0.1) is 11.0 Å². The Morgan fingerprint density at radius 1 is 1.16 bits per heavy atom. The fraction of sp³-hybridized carbons (Fsp3) is 0.562. The Bertz CT molecular complexity index is 562. The normalized spacial score (nSPS) is 19.5. The lowest BCUT2D eigenvalue weighted by Crippen LogP contribution is -2.42. The molecule has 0 amide bonds. The molecule has 19 heavy (non-hydrogen) atoms. The minimum atomic E-state index is -0.0500. The monoisotopic (exact) mass is 257 g/mol. The number of fused-ring (bicyclic) bond motifs is 1. The lowest BCUT2D eigenvalue weighted by molar-refractivity contribution is 0.359. The predicted octanol–water partition coefficient (Wildman–Crippen LogP) is 3.17. The third-order valence-corrected chi connectivity index (χ3v) is 4.49. The summed E-state index contributed by atoms with van der Waals surface area (Å²) in [6.07, 6.45) is 8.37. The molecule has 1 aromatic heterocycles. The summed E-state index contributed by atoms with van der Waals surface area (Å²) in [5.74, 6) is 1.13. The Hall–Kier alpha value is -1.35. The summed E-state index contributed by atoms with van der Waals surface area (Å²) >= 11 is 0. The minimum absolute atomic E-state index is 0.0500. The Balaban J connectivity index is 1.90. The Morgan fingerprint density at radius 3 is 2.53 bits per heavy atom. The van der Waals surface area contributed by atoms with Crippen LogP contribution in [0.25, 0.3) is 11.0 Å². The molecule has 1 aliphatic carbocycles. The first kappa shape index (κ1) is 12.7. The molecule has 1 heterocycles. The lowest BCUT2D eigenvalue weighted by Gasteiger charge is -2.27. The third kappa shape index (κ3) is 2.52. The van der Waals surface area contributed by atoms with E-state index in [4.69, 9.17) is 10.7 Å². The number of nitrogens with two attached hydrogens (primary N) is 1. The van der Waals surface area contributed by atoms with Gasteiger partial charge in [-0.1, -0.05) is 37.8 Å². The molecule has 2 N–H and O–H groups in total. The van der Waals surface area contributed by atoms with Gasteiger partial charge in [0.15, 0.2) is 0 Å². The summed E-state index contributed by atoms with van der Waals surface area (Å²) in [5, 5.41) is 0. The Labute approximate surface area is 114 Å². The maximum absolute atomic E-state index is 6.63. The van der Waals surface area contributed by atoms with E-state index >= 15 is 0 Å². The number of aryl methyl sites for hydroxylation is 1. The van der Waals surface area contributed by atoms with Crippen molar-refractivity contribution in [1.82, 2.24) is 9.55 Å². The summed E-state index contributed by atoms with van der Waals surface area (Å²) in [6.45, 7) is 0. The Morgan fingerprint density at radius 2 is 1.84 bits per heavy atom. The van der Waals surface area contributed by atoms with Gasteiger partial charge in [0.25, 0.3) is 0 Å². The highest BCUT2D eigenvalue weighted by atomic mass is 15.1. The van der Waals surface area contributed by atoms with Crippen molar-refractivity contribution in [2.45, 2.75) is 50.5 Å². The van der Waals surface area contributed by atoms with Crippen LogP contribution in [-0.4, -0.2) is 15.1 Å². The van der Waals surface area contributed by atoms with Gasteiger partial charge in [0, 0.05) is 19.0 Å². The maximum atomic E-state index is 6.63. The van der Waals surface area contributed by atoms with E-state index in [9.17, 15) is 0 Å². The van der Waals surface area contributed by atoms with Gasteiger partial charge in [-0.05, 0) is 25.0 Å². The number of para-hydroxylation sites is 2. The number of aromatic nitrogens is 2. The van der Waals surface area contributed by atoms with Crippen molar-refractivity contribution in [2.24, 2.45) is 12.8 Å². The second kappa shape index (κ2) is 4.97. The van der Waals surface area contributed by atoms with Gasteiger partial charge >= 0.3 is 0 Å². The summed E-state index contributed by atoms with van der Waals surface area (Å²) in [5.41, 5.74) is 8.86. The van der Waals surface area contributed by atoms with Crippen LogP contribution in [0, 0.1) is 0 Å². The number of rotatable bonds is 2. The smallest absolute Gasteiger partial charge is 0.111 e. The van der Waals surface area contributed by atoms with Crippen LogP contribution in [-0.2, 0) is 13.5 Å². The first-order valence-electron chi connectivity index (χ1n) is 7.37. The average molecular weight is 257 g/mol. The molecule has 3 heteroatoms. The van der Waals surface area contributed by atoms with Gasteiger partial charge in [0.2, 0.25) is 0 Å². The SMILES string of the molecule is Cn1c(CC2(N)CCCCCC2)nc2ccccc21. The van der Waals surface area contributed by atoms with E-state index in [1.54, 1.807) is 0 Å². The van der Waals surface area contributed by atoms with E-state index in [1.165, 1.54) is 31.2 Å². The van der Waals surface area contributed by atoms with E-state index < -0.39 is 0 Å². The molecule has 0 radical (unpaired) electrons. The molecule has 3 nitrogen and oxygen atoms in total. The topological polar surface area (TPSA) is 43.8 Å². The van der Waals surface area contributed by atoms with Gasteiger partial charge in [-0.15, -0.1) is 0 Å². The molecule has 0 aliphatic heterocycles. The minimum Gasteiger partial charge on any atom is -0.331 e. The molecular weight excluding hydrogens is 234 g/mol. The first-order chi connectivity index (χ1) is 9.18. The van der Waals surface area contributed by atoms with Crippen molar-refractivity contribution in [3.63, 3.8) is 0 Å². The zero-order chi connectivity index (χ0) is 13.3. The molecule has 1 fully saturated rings. The summed E-state index contributed by atoms with van der Waals surface area (Å²) in [6, 6.07) is 8.32. The molecule has 1 saturated carbocycles. The maximum Gasteiger partial charge on any atom is 0.111 e. The standard InChI is InChI=1S/C16H23N3/c1-19-14-9-5-4-8-13(14)18-15(19)12-16(17)10-6-2-3-7-11-16/h4-5,8-9H,2-3,6-7,10-12,17H2,1H3. The average Bonchev–Trinajstić information content (AvgIpc) is 2.58. The van der Waals surface area contributed by atoms with Crippen LogP contribution in [0.1, 0.15) is 44.3 Å². The number of hydrogen-bond donors (Lipinski definition) is 1. The summed E-state index contributed by atoms with van der Waals surface area (Å²) in [7, 11) is 2.10. The van der Waals surface area contributed by atoms with E-state index in [1.807, 2.05) is 6.07 Å². The van der Waals surface area contributed by atoms with Crippen LogP contribution < -0.4 is 5.73 Å². The second-order valence-electron chi connectivity index (χ2n) is 6.03. The van der Waals surface area contributed by atoms with Crippen LogP contribution in [0.2, 0.25) is 0 Å². The van der Waals surface area contributed by atoms with E-state index in [2.05, 4.69) is 29.8 Å². The highest BCUT2D eigenvalue weighted by molar-refractivity contribution is 5.75. The van der Waals surface area contributed by atoms with Crippen LogP contribution in [0.15, 0.2) is 24.3 Å². The van der Waals surface area contributed by atoms with E-state index in [-0.39, 0.29) is 5.54 Å². The van der Waals surface area contributed by atoms with Crippen molar-refractivity contribution in [3.8, 4) is 0 Å². The first-order valence-corrected chi connectivity index (χ1v) is 7.37. The third-order valence-electron chi connectivity index (χ3n) is 4.49. The molecule has 1 aromatic carbocycles. The number of benzene rings is 1. The molecule has 0 unspecified atom stereocenters. The molecular formula is C16H23N3.